The Balaban J connectivity index is 1.55. The van der Waals surface area contributed by atoms with Gasteiger partial charge in [-0.3, -0.25) is 0 Å². The van der Waals surface area contributed by atoms with Gasteiger partial charge < -0.3 is 14.8 Å². The zero-order chi connectivity index (χ0) is 23.7. The molecule has 4 aromatic carbocycles. The van der Waals surface area contributed by atoms with Crippen molar-refractivity contribution < 1.29 is 19.1 Å². The van der Waals surface area contributed by atoms with E-state index >= 15 is 0 Å². The minimum atomic E-state index is -0.656. The molecule has 0 saturated heterocycles. The lowest BCUT2D eigenvalue weighted by molar-refractivity contribution is 0.0682. The first-order chi connectivity index (χ1) is 16.5. The van der Waals surface area contributed by atoms with E-state index in [2.05, 4.69) is 5.32 Å². The number of hydrogen-bond acceptors (Lipinski definition) is 5. The van der Waals surface area contributed by atoms with Crippen LogP contribution in [0.2, 0.25) is 10.0 Å². The Morgan fingerprint density at radius 1 is 0.735 bits per heavy atom. The lowest BCUT2D eigenvalue weighted by Gasteiger charge is -2.23. The van der Waals surface area contributed by atoms with E-state index in [-0.39, 0.29) is 22.1 Å². The molecular weight excluding hydrogens is 473 g/mol. The summed E-state index contributed by atoms with van der Waals surface area (Å²) in [5.41, 5.74) is 4.21. The number of benzene rings is 4. The fraction of sp³-hybridized carbons (Fsp3) is 0.0370. The summed E-state index contributed by atoms with van der Waals surface area (Å²) in [5, 5.41) is 4.12. The molecule has 0 unspecified atom stereocenters. The minimum Gasteiger partial charge on any atom is -0.419 e. The van der Waals surface area contributed by atoms with E-state index in [0.29, 0.717) is 17.1 Å². The summed E-state index contributed by atoms with van der Waals surface area (Å²) >= 11 is 12.1. The highest BCUT2D eigenvalue weighted by molar-refractivity contribution is 6.33. The number of carbonyl (C=O) groups excluding carboxylic acids is 2. The molecule has 7 heteroatoms. The van der Waals surface area contributed by atoms with Gasteiger partial charge in [0.05, 0.1) is 16.1 Å². The van der Waals surface area contributed by atoms with Crippen LogP contribution < -0.4 is 14.8 Å². The second kappa shape index (κ2) is 9.21. The Morgan fingerprint density at radius 2 is 1.41 bits per heavy atom. The van der Waals surface area contributed by atoms with Crippen LogP contribution in [0.15, 0.2) is 84.9 Å². The Kier molecular flexibility index (Phi) is 5.97. The molecule has 0 fully saturated rings. The van der Waals surface area contributed by atoms with Crippen LogP contribution in [0.25, 0.3) is 11.1 Å². The third-order valence-corrected chi connectivity index (χ3v) is 6.02. The third-order valence-electron chi connectivity index (χ3n) is 5.44. The predicted molar refractivity (Wildman–Crippen MR) is 132 cm³/mol. The fourth-order valence-corrected chi connectivity index (χ4v) is 4.09. The van der Waals surface area contributed by atoms with E-state index in [4.69, 9.17) is 32.7 Å². The molecule has 0 amide bonds. The number of anilines is 1. The number of rotatable bonds is 4. The highest BCUT2D eigenvalue weighted by atomic mass is 35.5. The van der Waals surface area contributed by atoms with Crippen LogP contribution in [-0.2, 0) is 6.54 Å². The number of para-hydroxylation sites is 1. The molecule has 1 aliphatic heterocycles. The van der Waals surface area contributed by atoms with Crippen LogP contribution in [0.1, 0.15) is 26.3 Å². The van der Waals surface area contributed by atoms with Crippen molar-refractivity contribution in [3.63, 3.8) is 0 Å². The summed E-state index contributed by atoms with van der Waals surface area (Å²) in [6.45, 7) is 0.524. The first kappa shape index (κ1) is 22.0. The van der Waals surface area contributed by atoms with Crippen molar-refractivity contribution in [2.24, 2.45) is 0 Å². The maximum Gasteiger partial charge on any atom is 0.345 e. The van der Waals surface area contributed by atoms with Crippen molar-refractivity contribution in [2.75, 3.05) is 5.32 Å². The van der Waals surface area contributed by atoms with Crippen molar-refractivity contribution in [2.45, 2.75) is 6.54 Å². The van der Waals surface area contributed by atoms with Crippen LogP contribution in [0.4, 0.5) is 5.69 Å². The Labute approximate surface area is 205 Å². The number of fused-ring (bicyclic) bond motifs is 3. The van der Waals surface area contributed by atoms with E-state index < -0.39 is 11.9 Å². The molecule has 1 heterocycles. The molecule has 168 valence electrons. The van der Waals surface area contributed by atoms with E-state index in [9.17, 15) is 9.59 Å². The number of carbonyl (C=O) groups is 2. The largest absolute Gasteiger partial charge is 0.419 e. The topological polar surface area (TPSA) is 64.6 Å². The normalized spacial score (nSPS) is 11.6. The predicted octanol–water partition coefficient (Wildman–Crippen LogP) is 7.02. The van der Waals surface area contributed by atoms with Gasteiger partial charge in [0.25, 0.3) is 0 Å². The van der Waals surface area contributed by atoms with Gasteiger partial charge in [-0.1, -0.05) is 53.5 Å². The second-order valence-corrected chi connectivity index (χ2v) is 8.46. The molecule has 5 nitrogen and oxygen atoms in total. The minimum absolute atomic E-state index is 0.114. The van der Waals surface area contributed by atoms with Crippen molar-refractivity contribution >= 4 is 40.8 Å². The van der Waals surface area contributed by atoms with Gasteiger partial charge in [0, 0.05) is 22.8 Å². The smallest absolute Gasteiger partial charge is 0.345 e. The Morgan fingerprint density at radius 3 is 2.21 bits per heavy atom. The molecule has 0 spiro atoms. The lowest BCUT2D eigenvalue weighted by atomic mass is 9.94. The van der Waals surface area contributed by atoms with Gasteiger partial charge in [0.1, 0.15) is 0 Å². The first-order valence-corrected chi connectivity index (χ1v) is 11.2. The first-order valence-electron chi connectivity index (χ1n) is 10.4. The molecule has 0 saturated carbocycles. The molecule has 34 heavy (non-hydrogen) atoms. The Hall–Kier alpha value is -3.80. The number of nitrogens with one attached hydrogen (secondary N) is 1. The van der Waals surface area contributed by atoms with Crippen LogP contribution in [-0.4, -0.2) is 11.9 Å². The monoisotopic (exact) mass is 489 g/mol. The SMILES string of the molecule is O=C(Oc1cc2c(cc1OC(=O)c1ccccc1Cl)-c1ccccc1NC2)c1ccc(Cl)cc1. The summed E-state index contributed by atoms with van der Waals surface area (Å²) in [7, 11) is 0. The molecule has 4 aromatic rings. The molecule has 0 aliphatic carbocycles. The Bertz CT molecular complexity index is 1420. The lowest BCUT2D eigenvalue weighted by Crippen LogP contribution is -2.15. The van der Waals surface area contributed by atoms with Crippen LogP contribution >= 0.6 is 23.2 Å². The van der Waals surface area contributed by atoms with Gasteiger partial charge in [-0.15, -0.1) is 0 Å². The standard InChI is InChI=1S/C27H17Cl2NO4/c28-18-11-9-16(10-12-18)26(31)33-24-13-17-15-30-23-8-4-2-5-19(23)21(17)14-25(24)34-27(32)20-6-1-3-7-22(20)29/h1-14,30H,15H2. The fourth-order valence-electron chi connectivity index (χ4n) is 3.75. The molecule has 5 rings (SSSR count). The van der Waals surface area contributed by atoms with Crippen molar-refractivity contribution in [3.8, 4) is 22.6 Å². The summed E-state index contributed by atoms with van der Waals surface area (Å²) in [6.07, 6.45) is 0. The van der Waals surface area contributed by atoms with E-state index in [1.807, 2.05) is 24.3 Å². The van der Waals surface area contributed by atoms with E-state index in [1.54, 1.807) is 60.7 Å². The second-order valence-electron chi connectivity index (χ2n) is 7.62. The average Bonchev–Trinajstić information content (AvgIpc) is 2.85. The van der Waals surface area contributed by atoms with Gasteiger partial charge in [0.2, 0.25) is 0 Å². The van der Waals surface area contributed by atoms with Gasteiger partial charge >= 0.3 is 11.9 Å². The third kappa shape index (κ3) is 4.36. The molecule has 0 atom stereocenters. The van der Waals surface area contributed by atoms with E-state index in [1.165, 1.54) is 0 Å². The highest BCUT2D eigenvalue weighted by Gasteiger charge is 2.23. The van der Waals surface area contributed by atoms with Crippen LogP contribution in [0.3, 0.4) is 0 Å². The molecule has 0 bridgehead atoms. The van der Waals surface area contributed by atoms with Crippen LogP contribution in [0, 0.1) is 0 Å². The van der Waals surface area contributed by atoms with Crippen LogP contribution in [0.5, 0.6) is 11.5 Å². The van der Waals surface area contributed by atoms with Gasteiger partial charge in [-0.2, -0.15) is 0 Å². The van der Waals surface area contributed by atoms with Gasteiger partial charge in [-0.05, 0) is 65.7 Å². The number of halogens is 2. The molecule has 1 aliphatic rings. The quantitative estimate of drug-likeness (QED) is 0.246. The zero-order valence-electron chi connectivity index (χ0n) is 17.7. The maximum absolute atomic E-state index is 12.9. The molecule has 0 aromatic heterocycles. The number of esters is 2. The summed E-state index contributed by atoms with van der Waals surface area (Å²) in [4.78, 5) is 25.7. The van der Waals surface area contributed by atoms with Crippen molar-refractivity contribution in [1.29, 1.82) is 0 Å². The van der Waals surface area contributed by atoms with Gasteiger partial charge in [-0.25, -0.2) is 9.59 Å². The molecule has 1 N–H and O–H groups in total. The molecule has 0 radical (unpaired) electrons. The summed E-state index contributed by atoms with van der Waals surface area (Å²) in [5.74, 6) is -1.02. The van der Waals surface area contributed by atoms with Crippen molar-refractivity contribution in [1.82, 2.24) is 0 Å². The summed E-state index contributed by atoms with van der Waals surface area (Å²) < 4.78 is 11.4. The van der Waals surface area contributed by atoms with E-state index in [0.717, 1.165) is 22.4 Å². The average molecular weight is 490 g/mol. The zero-order valence-corrected chi connectivity index (χ0v) is 19.2. The number of ether oxygens (including phenoxy) is 2. The van der Waals surface area contributed by atoms with Crippen molar-refractivity contribution in [3.05, 3.63) is 112 Å². The summed E-state index contributed by atoms with van der Waals surface area (Å²) in [6, 6.07) is 24.2. The molecular formula is C27H17Cl2NO4. The maximum atomic E-state index is 12.9. The number of hydrogen-bond donors (Lipinski definition) is 1. The highest BCUT2D eigenvalue weighted by Crippen LogP contribution is 2.42. The van der Waals surface area contributed by atoms with Gasteiger partial charge in [0.15, 0.2) is 11.5 Å².